The van der Waals surface area contributed by atoms with Gasteiger partial charge in [0.1, 0.15) is 5.82 Å². The molecule has 1 aromatic rings. The van der Waals surface area contributed by atoms with E-state index in [0.29, 0.717) is 18.2 Å². The van der Waals surface area contributed by atoms with E-state index < -0.39 is 6.10 Å². The van der Waals surface area contributed by atoms with Crippen LogP contribution in [-0.4, -0.2) is 17.7 Å². The summed E-state index contributed by atoms with van der Waals surface area (Å²) in [5.41, 5.74) is 0.637. The van der Waals surface area contributed by atoms with E-state index in [2.05, 4.69) is 12.2 Å². The first-order valence-electron chi connectivity index (χ1n) is 6.33. The molecular formula is C14H20FNO. The van der Waals surface area contributed by atoms with Gasteiger partial charge < -0.3 is 10.4 Å². The highest BCUT2D eigenvalue weighted by Crippen LogP contribution is 2.29. The van der Waals surface area contributed by atoms with Crippen LogP contribution in [0.3, 0.4) is 0 Å². The molecule has 0 spiro atoms. The Hall–Kier alpha value is -0.930. The smallest absolute Gasteiger partial charge is 0.123 e. The number of halogens is 1. The molecule has 1 aliphatic carbocycles. The van der Waals surface area contributed by atoms with Crippen molar-refractivity contribution in [1.82, 2.24) is 5.32 Å². The first-order chi connectivity index (χ1) is 8.16. The number of rotatable bonds is 5. The van der Waals surface area contributed by atoms with Crippen LogP contribution in [0.5, 0.6) is 0 Å². The van der Waals surface area contributed by atoms with Crippen molar-refractivity contribution in [3.05, 3.63) is 35.6 Å². The molecular weight excluding hydrogens is 217 g/mol. The lowest BCUT2D eigenvalue weighted by Gasteiger charge is -2.32. The van der Waals surface area contributed by atoms with Gasteiger partial charge in [0, 0.05) is 12.6 Å². The second-order valence-corrected chi connectivity index (χ2v) is 4.96. The molecule has 0 aliphatic heterocycles. The molecule has 0 saturated heterocycles. The Kier molecular flexibility index (Phi) is 4.13. The van der Waals surface area contributed by atoms with Gasteiger partial charge in [-0.2, -0.15) is 0 Å². The Labute approximate surface area is 102 Å². The number of benzene rings is 1. The van der Waals surface area contributed by atoms with Crippen molar-refractivity contribution in [3.8, 4) is 0 Å². The summed E-state index contributed by atoms with van der Waals surface area (Å²) in [4.78, 5) is 0. The van der Waals surface area contributed by atoms with Crippen molar-refractivity contribution in [2.75, 3.05) is 6.54 Å². The fourth-order valence-electron chi connectivity index (χ4n) is 2.24. The zero-order valence-corrected chi connectivity index (χ0v) is 10.2. The minimum atomic E-state index is -0.631. The fourth-order valence-corrected chi connectivity index (χ4v) is 2.24. The zero-order valence-electron chi connectivity index (χ0n) is 10.2. The number of aliphatic hydroxyl groups excluding tert-OH is 1. The van der Waals surface area contributed by atoms with Gasteiger partial charge in [0.25, 0.3) is 0 Å². The average molecular weight is 237 g/mol. The molecule has 1 fully saturated rings. The summed E-state index contributed by atoms with van der Waals surface area (Å²) in [6.45, 7) is 2.64. The molecule has 0 heterocycles. The van der Waals surface area contributed by atoms with Gasteiger partial charge in [0.15, 0.2) is 0 Å². The van der Waals surface area contributed by atoms with E-state index in [9.17, 15) is 9.50 Å². The van der Waals surface area contributed by atoms with E-state index >= 15 is 0 Å². The fraction of sp³-hybridized carbons (Fsp3) is 0.571. The summed E-state index contributed by atoms with van der Waals surface area (Å²) in [7, 11) is 0. The molecule has 0 aromatic heterocycles. The first-order valence-corrected chi connectivity index (χ1v) is 6.33. The zero-order chi connectivity index (χ0) is 12.3. The lowest BCUT2D eigenvalue weighted by molar-refractivity contribution is 0.154. The monoisotopic (exact) mass is 237 g/mol. The number of hydrogen-bond donors (Lipinski definition) is 2. The van der Waals surface area contributed by atoms with E-state index in [4.69, 9.17) is 0 Å². The quantitative estimate of drug-likeness (QED) is 0.825. The number of aliphatic hydroxyl groups is 1. The third-order valence-corrected chi connectivity index (χ3v) is 3.72. The maximum absolute atomic E-state index is 13.0. The van der Waals surface area contributed by atoms with Crippen LogP contribution >= 0.6 is 0 Å². The van der Waals surface area contributed by atoms with Crippen molar-refractivity contribution in [1.29, 1.82) is 0 Å². The van der Waals surface area contributed by atoms with Gasteiger partial charge in [-0.1, -0.05) is 18.6 Å². The maximum atomic E-state index is 13.0. The summed E-state index contributed by atoms with van der Waals surface area (Å²) in [5.74, 6) is 0.448. The molecule has 3 heteroatoms. The van der Waals surface area contributed by atoms with Crippen LogP contribution in [0.25, 0.3) is 0 Å². The van der Waals surface area contributed by atoms with Crippen molar-refractivity contribution >= 4 is 0 Å². The van der Waals surface area contributed by atoms with E-state index in [0.717, 1.165) is 5.92 Å². The molecule has 2 N–H and O–H groups in total. The second kappa shape index (κ2) is 5.61. The SMILES string of the molecule is CC(NCC(O)c1cccc(F)c1)C1CCC1. The molecule has 1 aromatic carbocycles. The van der Waals surface area contributed by atoms with Gasteiger partial charge in [0.05, 0.1) is 6.10 Å². The summed E-state index contributed by atoms with van der Waals surface area (Å²) in [6.07, 6.45) is 3.26. The molecule has 2 unspecified atom stereocenters. The molecule has 0 bridgehead atoms. The molecule has 1 saturated carbocycles. The molecule has 2 atom stereocenters. The van der Waals surface area contributed by atoms with Gasteiger partial charge >= 0.3 is 0 Å². The Bertz CT molecular complexity index is 365. The van der Waals surface area contributed by atoms with Crippen LogP contribution < -0.4 is 5.32 Å². The molecule has 0 amide bonds. The van der Waals surface area contributed by atoms with E-state index in [1.807, 2.05) is 0 Å². The minimum absolute atomic E-state index is 0.298. The largest absolute Gasteiger partial charge is 0.387 e. The van der Waals surface area contributed by atoms with Crippen LogP contribution in [0.2, 0.25) is 0 Å². The lowest BCUT2D eigenvalue weighted by Crippen LogP contribution is -2.39. The van der Waals surface area contributed by atoms with Crippen molar-refractivity contribution in [2.24, 2.45) is 5.92 Å². The summed E-state index contributed by atoms with van der Waals surface area (Å²) in [6, 6.07) is 6.60. The number of nitrogens with one attached hydrogen (secondary N) is 1. The molecule has 0 radical (unpaired) electrons. The van der Waals surface area contributed by atoms with Gasteiger partial charge in [-0.3, -0.25) is 0 Å². The topological polar surface area (TPSA) is 32.3 Å². The highest BCUT2D eigenvalue weighted by molar-refractivity contribution is 5.18. The first kappa shape index (κ1) is 12.5. The Balaban J connectivity index is 1.82. The summed E-state index contributed by atoms with van der Waals surface area (Å²) >= 11 is 0. The van der Waals surface area contributed by atoms with Gasteiger partial charge in [-0.15, -0.1) is 0 Å². The maximum Gasteiger partial charge on any atom is 0.123 e. The van der Waals surface area contributed by atoms with E-state index in [-0.39, 0.29) is 5.82 Å². The van der Waals surface area contributed by atoms with Crippen molar-refractivity contribution < 1.29 is 9.50 Å². The normalized spacial score (nSPS) is 19.7. The van der Waals surface area contributed by atoms with Gasteiger partial charge in [-0.25, -0.2) is 4.39 Å². The third kappa shape index (κ3) is 3.27. The third-order valence-electron chi connectivity index (χ3n) is 3.72. The standard InChI is InChI=1S/C14H20FNO/c1-10(11-4-2-5-11)16-9-14(17)12-6-3-7-13(15)8-12/h3,6-8,10-11,14,16-17H,2,4-5,9H2,1H3. The Morgan fingerprint density at radius 3 is 2.82 bits per heavy atom. The van der Waals surface area contributed by atoms with Crippen LogP contribution in [0.1, 0.15) is 37.9 Å². The summed E-state index contributed by atoms with van der Waals surface area (Å²) in [5, 5.41) is 13.3. The van der Waals surface area contributed by atoms with Gasteiger partial charge in [0.2, 0.25) is 0 Å². The highest BCUT2D eigenvalue weighted by Gasteiger charge is 2.23. The molecule has 2 nitrogen and oxygen atoms in total. The highest BCUT2D eigenvalue weighted by atomic mass is 19.1. The molecule has 1 aliphatic rings. The van der Waals surface area contributed by atoms with E-state index in [1.165, 1.54) is 31.4 Å². The van der Waals surface area contributed by atoms with Crippen LogP contribution in [-0.2, 0) is 0 Å². The van der Waals surface area contributed by atoms with Gasteiger partial charge in [-0.05, 0) is 43.4 Å². The minimum Gasteiger partial charge on any atom is -0.387 e. The molecule has 17 heavy (non-hydrogen) atoms. The number of hydrogen-bond acceptors (Lipinski definition) is 2. The lowest BCUT2D eigenvalue weighted by atomic mass is 9.80. The van der Waals surface area contributed by atoms with Crippen LogP contribution in [0, 0.1) is 11.7 Å². The van der Waals surface area contributed by atoms with Crippen molar-refractivity contribution in [3.63, 3.8) is 0 Å². The van der Waals surface area contributed by atoms with Crippen molar-refractivity contribution in [2.45, 2.75) is 38.3 Å². The Morgan fingerprint density at radius 1 is 1.47 bits per heavy atom. The van der Waals surface area contributed by atoms with Crippen LogP contribution in [0.15, 0.2) is 24.3 Å². The predicted molar refractivity (Wildman–Crippen MR) is 66.2 cm³/mol. The second-order valence-electron chi connectivity index (χ2n) is 4.96. The Morgan fingerprint density at radius 2 is 2.24 bits per heavy atom. The van der Waals surface area contributed by atoms with E-state index in [1.54, 1.807) is 12.1 Å². The summed E-state index contributed by atoms with van der Waals surface area (Å²) < 4.78 is 13.0. The molecule has 2 rings (SSSR count). The van der Waals surface area contributed by atoms with Crippen LogP contribution in [0.4, 0.5) is 4.39 Å². The average Bonchev–Trinajstić information content (AvgIpc) is 2.23. The predicted octanol–water partition coefficient (Wildman–Crippen LogP) is 2.64. The molecule has 94 valence electrons.